The number of ether oxygens (including phenoxy) is 2. The Kier molecular flexibility index (Phi) is 7.48. The maximum atomic E-state index is 13.0. The molecule has 0 saturated heterocycles. The fourth-order valence-electron chi connectivity index (χ4n) is 1.52. The molecule has 1 heterocycles. The van der Waals surface area contributed by atoms with Crippen LogP contribution in [-0.2, 0) is 9.47 Å². The molecule has 0 amide bonds. The molecule has 0 fully saturated rings. The smallest absolute Gasteiger partial charge is 0.141 e. The SMILES string of the molecule is COCCOCCCNC(C)c1cncc(F)c1. The molecule has 0 radical (unpaired) electrons. The van der Waals surface area contributed by atoms with E-state index in [2.05, 4.69) is 10.3 Å². The Morgan fingerprint density at radius 3 is 2.89 bits per heavy atom. The predicted octanol–water partition coefficient (Wildman–Crippen LogP) is 1.92. The van der Waals surface area contributed by atoms with Crippen molar-refractivity contribution in [2.24, 2.45) is 0 Å². The molecule has 1 N–H and O–H groups in total. The first-order valence-electron chi connectivity index (χ1n) is 6.14. The number of hydrogen-bond donors (Lipinski definition) is 1. The lowest BCUT2D eigenvalue weighted by Gasteiger charge is -2.13. The fraction of sp³-hybridized carbons (Fsp3) is 0.615. The Morgan fingerprint density at radius 2 is 2.17 bits per heavy atom. The highest BCUT2D eigenvalue weighted by molar-refractivity contribution is 5.14. The predicted molar refractivity (Wildman–Crippen MR) is 67.9 cm³/mol. The molecule has 1 aromatic heterocycles. The fourth-order valence-corrected chi connectivity index (χ4v) is 1.52. The molecule has 0 saturated carbocycles. The molecule has 18 heavy (non-hydrogen) atoms. The van der Waals surface area contributed by atoms with Crippen molar-refractivity contribution in [3.63, 3.8) is 0 Å². The van der Waals surface area contributed by atoms with E-state index >= 15 is 0 Å². The molecule has 5 heteroatoms. The number of methoxy groups -OCH3 is 1. The summed E-state index contributed by atoms with van der Waals surface area (Å²) in [6.45, 7) is 4.76. The number of nitrogens with one attached hydrogen (secondary N) is 1. The van der Waals surface area contributed by atoms with E-state index in [-0.39, 0.29) is 11.9 Å². The lowest BCUT2D eigenvalue weighted by atomic mass is 10.1. The minimum atomic E-state index is -0.302. The molecular weight excluding hydrogens is 235 g/mol. The van der Waals surface area contributed by atoms with Gasteiger partial charge in [-0.25, -0.2) is 4.39 Å². The highest BCUT2D eigenvalue weighted by atomic mass is 19.1. The number of pyridine rings is 1. The molecule has 0 aliphatic heterocycles. The van der Waals surface area contributed by atoms with Crippen molar-refractivity contribution in [2.45, 2.75) is 19.4 Å². The van der Waals surface area contributed by atoms with E-state index in [0.717, 1.165) is 18.5 Å². The normalized spacial score (nSPS) is 12.6. The monoisotopic (exact) mass is 256 g/mol. The third-order valence-electron chi connectivity index (χ3n) is 2.57. The Morgan fingerprint density at radius 1 is 1.33 bits per heavy atom. The molecule has 1 aromatic rings. The van der Waals surface area contributed by atoms with Gasteiger partial charge in [0.25, 0.3) is 0 Å². The number of halogens is 1. The van der Waals surface area contributed by atoms with Gasteiger partial charge in [0.1, 0.15) is 5.82 Å². The molecule has 0 bridgehead atoms. The van der Waals surface area contributed by atoms with E-state index < -0.39 is 0 Å². The van der Waals surface area contributed by atoms with Gasteiger partial charge >= 0.3 is 0 Å². The molecule has 0 spiro atoms. The summed E-state index contributed by atoms with van der Waals surface area (Å²) in [5, 5.41) is 3.30. The van der Waals surface area contributed by atoms with Crippen molar-refractivity contribution in [2.75, 3.05) is 33.5 Å². The van der Waals surface area contributed by atoms with Crippen LogP contribution in [-0.4, -0.2) is 38.5 Å². The first-order valence-corrected chi connectivity index (χ1v) is 6.14. The zero-order valence-corrected chi connectivity index (χ0v) is 11.0. The van der Waals surface area contributed by atoms with Crippen molar-refractivity contribution in [1.29, 1.82) is 0 Å². The average molecular weight is 256 g/mol. The zero-order valence-electron chi connectivity index (χ0n) is 11.0. The van der Waals surface area contributed by atoms with Gasteiger partial charge in [-0.2, -0.15) is 0 Å². The van der Waals surface area contributed by atoms with Crippen LogP contribution in [0.25, 0.3) is 0 Å². The minimum absolute atomic E-state index is 0.0900. The third kappa shape index (κ3) is 6.05. The Hall–Kier alpha value is -1.04. The molecule has 1 atom stereocenters. The zero-order chi connectivity index (χ0) is 13.2. The van der Waals surface area contributed by atoms with E-state index in [1.54, 1.807) is 13.3 Å². The number of nitrogens with zero attached hydrogens (tertiary/aromatic N) is 1. The van der Waals surface area contributed by atoms with Gasteiger partial charge in [0.2, 0.25) is 0 Å². The highest BCUT2D eigenvalue weighted by Crippen LogP contribution is 2.11. The van der Waals surface area contributed by atoms with E-state index in [9.17, 15) is 4.39 Å². The highest BCUT2D eigenvalue weighted by Gasteiger charge is 2.05. The largest absolute Gasteiger partial charge is 0.382 e. The minimum Gasteiger partial charge on any atom is -0.382 e. The van der Waals surface area contributed by atoms with E-state index in [1.807, 2.05) is 6.92 Å². The van der Waals surface area contributed by atoms with Crippen LogP contribution < -0.4 is 5.32 Å². The second-order valence-electron chi connectivity index (χ2n) is 4.07. The van der Waals surface area contributed by atoms with Gasteiger partial charge in [0, 0.05) is 26.0 Å². The summed E-state index contributed by atoms with van der Waals surface area (Å²) >= 11 is 0. The van der Waals surface area contributed by atoms with Gasteiger partial charge < -0.3 is 14.8 Å². The lowest BCUT2D eigenvalue weighted by molar-refractivity contribution is 0.0693. The van der Waals surface area contributed by atoms with Crippen molar-refractivity contribution in [1.82, 2.24) is 10.3 Å². The van der Waals surface area contributed by atoms with Crippen LogP contribution in [0.4, 0.5) is 4.39 Å². The van der Waals surface area contributed by atoms with Crippen molar-refractivity contribution in [3.05, 3.63) is 29.8 Å². The maximum absolute atomic E-state index is 13.0. The first-order chi connectivity index (χ1) is 8.74. The number of hydrogen-bond acceptors (Lipinski definition) is 4. The molecule has 0 aliphatic carbocycles. The Balaban J connectivity index is 2.12. The summed E-state index contributed by atoms with van der Waals surface area (Å²) in [6.07, 6.45) is 3.80. The second-order valence-corrected chi connectivity index (χ2v) is 4.07. The maximum Gasteiger partial charge on any atom is 0.141 e. The van der Waals surface area contributed by atoms with Gasteiger partial charge in [-0.1, -0.05) is 0 Å². The van der Waals surface area contributed by atoms with E-state index in [1.165, 1.54) is 12.3 Å². The second kappa shape index (κ2) is 8.97. The summed E-state index contributed by atoms with van der Waals surface area (Å²) in [6, 6.07) is 1.59. The van der Waals surface area contributed by atoms with Crippen LogP contribution in [0.3, 0.4) is 0 Å². The van der Waals surface area contributed by atoms with Crippen molar-refractivity contribution in [3.8, 4) is 0 Å². The van der Waals surface area contributed by atoms with Gasteiger partial charge in [0.05, 0.1) is 19.4 Å². The van der Waals surface area contributed by atoms with E-state index in [4.69, 9.17) is 9.47 Å². The molecule has 0 aliphatic rings. The molecule has 1 rings (SSSR count). The van der Waals surface area contributed by atoms with Crippen LogP contribution in [0.1, 0.15) is 24.9 Å². The Bertz CT molecular complexity index is 337. The Labute approximate surface area is 108 Å². The van der Waals surface area contributed by atoms with Crippen LogP contribution in [0, 0.1) is 5.82 Å². The molecule has 1 unspecified atom stereocenters. The summed E-state index contributed by atoms with van der Waals surface area (Å²) < 4.78 is 23.2. The quantitative estimate of drug-likeness (QED) is 0.686. The molecular formula is C13H21FN2O2. The summed E-state index contributed by atoms with van der Waals surface area (Å²) in [4.78, 5) is 3.83. The van der Waals surface area contributed by atoms with Gasteiger partial charge in [-0.3, -0.25) is 4.98 Å². The number of aromatic nitrogens is 1. The summed E-state index contributed by atoms with van der Waals surface area (Å²) in [7, 11) is 1.65. The standard InChI is InChI=1S/C13H21FN2O2/c1-11(12-8-13(14)10-15-9-12)16-4-3-5-18-7-6-17-2/h8-11,16H,3-7H2,1-2H3. The molecule has 4 nitrogen and oxygen atoms in total. The molecule has 0 aromatic carbocycles. The van der Waals surface area contributed by atoms with Crippen LogP contribution in [0.5, 0.6) is 0 Å². The average Bonchev–Trinajstić information content (AvgIpc) is 2.37. The molecule has 102 valence electrons. The first kappa shape index (κ1) is 15.0. The van der Waals surface area contributed by atoms with Crippen molar-refractivity contribution >= 4 is 0 Å². The summed E-state index contributed by atoms with van der Waals surface area (Å²) in [5.74, 6) is -0.302. The lowest BCUT2D eigenvalue weighted by Crippen LogP contribution is -2.21. The third-order valence-corrected chi connectivity index (χ3v) is 2.57. The van der Waals surface area contributed by atoms with Crippen LogP contribution in [0.15, 0.2) is 18.5 Å². The van der Waals surface area contributed by atoms with Crippen LogP contribution >= 0.6 is 0 Å². The summed E-state index contributed by atoms with van der Waals surface area (Å²) in [5.41, 5.74) is 0.857. The van der Waals surface area contributed by atoms with Gasteiger partial charge in [0.15, 0.2) is 0 Å². The van der Waals surface area contributed by atoms with Gasteiger partial charge in [-0.15, -0.1) is 0 Å². The van der Waals surface area contributed by atoms with Gasteiger partial charge in [-0.05, 0) is 31.5 Å². The topological polar surface area (TPSA) is 43.4 Å². The number of rotatable bonds is 9. The van der Waals surface area contributed by atoms with Crippen molar-refractivity contribution < 1.29 is 13.9 Å². The van der Waals surface area contributed by atoms with E-state index in [0.29, 0.717) is 19.8 Å². The van der Waals surface area contributed by atoms with Crippen LogP contribution in [0.2, 0.25) is 0 Å².